The van der Waals surface area contributed by atoms with Crippen LogP contribution in [0.3, 0.4) is 0 Å². The zero-order valence-corrected chi connectivity index (χ0v) is 11.3. The van der Waals surface area contributed by atoms with Gasteiger partial charge in [-0.1, -0.05) is 39.9 Å². The van der Waals surface area contributed by atoms with Crippen molar-refractivity contribution >= 4 is 29.7 Å². The van der Waals surface area contributed by atoms with Crippen LogP contribution in [0.25, 0.3) is 0 Å². The molecular formula is C8H19O2PS2. The van der Waals surface area contributed by atoms with E-state index in [2.05, 4.69) is 39.9 Å². The number of hydrogen-bond donors (Lipinski definition) is 1. The lowest BCUT2D eigenvalue weighted by atomic mass is 10.2. The number of rotatable bonds is 6. The Bertz CT molecular complexity index is 167. The first-order valence-electron chi connectivity index (χ1n) is 4.45. The van der Waals surface area contributed by atoms with Gasteiger partial charge >= 0.3 is 0 Å². The molecule has 0 atom stereocenters. The summed E-state index contributed by atoms with van der Waals surface area (Å²) >= 11 is 9.33. The first-order valence-corrected chi connectivity index (χ1v) is 8.24. The highest BCUT2D eigenvalue weighted by molar-refractivity contribution is 8.60. The van der Waals surface area contributed by atoms with Crippen molar-refractivity contribution in [3.05, 3.63) is 0 Å². The Hall–Kier alpha value is 0.920. The largest absolute Gasteiger partial charge is 0.322 e. The molecule has 0 fully saturated rings. The van der Waals surface area contributed by atoms with Crippen molar-refractivity contribution in [2.45, 2.75) is 27.7 Å². The topological polar surface area (TPSA) is 18.5 Å². The van der Waals surface area contributed by atoms with E-state index in [0.717, 1.165) is 0 Å². The molecule has 0 saturated heterocycles. The quantitative estimate of drug-likeness (QED) is 0.568. The molecule has 0 saturated carbocycles. The van der Waals surface area contributed by atoms with Gasteiger partial charge in [0.05, 0.1) is 13.2 Å². The smallest absolute Gasteiger partial charge is 0.244 e. The minimum absolute atomic E-state index is 0.470. The van der Waals surface area contributed by atoms with Crippen molar-refractivity contribution in [2.75, 3.05) is 13.2 Å². The lowest BCUT2D eigenvalue weighted by Gasteiger charge is -2.18. The third-order valence-electron chi connectivity index (χ3n) is 1.14. The van der Waals surface area contributed by atoms with Gasteiger partial charge in [-0.3, -0.25) is 0 Å². The molecule has 0 unspecified atom stereocenters. The van der Waals surface area contributed by atoms with Crippen LogP contribution in [0.4, 0.5) is 0 Å². The van der Waals surface area contributed by atoms with E-state index >= 15 is 0 Å². The SMILES string of the molecule is CC(C)COP(=S)(S)OCC(C)C. The second-order valence-corrected chi connectivity index (χ2v) is 9.14. The Labute approximate surface area is 91.7 Å². The average Bonchev–Trinajstić information content (AvgIpc) is 1.98. The van der Waals surface area contributed by atoms with E-state index in [4.69, 9.17) is 20.9 Å². The molecule has 0 aliphatic heterocycles. The van der Waals surface area contributed by atoms with Crippen LogP contribution in [0.2, 0.25) is 0 Å². The Morgan fingerprint density at radius 3 is 1.62 bits per heavy atom. The molecule has 0 aromatic heterocycles. The molecule has 0 aromatic rings. The lowest BCUT2D eigenvalue weighted by molar-refractivity contribution is 0.219. The van der Waals surface area contributed by atoms with Crippen molar-refractivity contribution < 1.29 is 9.05 Å². The van der Waals surface area contributed by atoms with Crippen LogP contribution >= 0.6 is 17.9 Å². The predicted octanol–water partition coefficient (Wildman–Crippen LogP) is 3.49. The summed E-state index contributed by atoms with van der Waals surface area (Å²) in [4.78, 5) is 0. The van der Waals surface area contributed by atoms with Gasteiger partial charge in [-0.15, -0.1) is 0 Å². The summed E-state index contributed by atoms with van der Waals surface area (Å²) in [5, 5.41) is 0. The molecule has 0 spiro atoms. The summed E-state index contributed by atoms with van der Waals surface area (Å²) in [6.07, 6.45) is 0. The highest BCUT2D eigenvalue weighted by Crippen LogP contribution is 2.53. The van der Waals surface area contributed by atoms with Crippen LogP contribution in [0.1, 0.15) is 27.7 Å². The first-order chi connectivity index (χ1) is 5.83. The van der Waals surface area contributed by atoms with Crippen molar-refractivity contribution in [3.63, 3.8) is 0 Å². The summed E-state index contributed by atoms with van der Waals surface area (Å²) in [6, 6.07) is 0. The molecule has 2 nitrogen and oxygen atoms in total. The van der Waals surface area contributed by atoms with Gasteiger partial charge in [-0.2, -0.15) is 0 Å². The molecule has 0 aromatic carbocycles. The van der Waals surface area contributed by atoms with Gasteiger partial charge in [-0.05, 0) is 23.6 Å². The highest BCUT2D eigenvalue weighted by Gasteiger charge is 2.14. The van der Waals surface area contributed by atoms with Crippen LogP contribution in [-0.2, 0) is 20.9 Å². The summed E-state index contributed by atoms with van der Waals surface area (Å²) in [5.74, 6) is 0.939. The zero-order chi connectivity index (χ0) is 10.5. The van der Waals surface area contributed by atoms with E-state index in [1.54, 1.807) is 0 Å². The van der Waals surface area contributed by atoms with E-state index < -0.39 is 5.69 Å². The van der Waals surface area contributed by atoms with Gasteiger partial charge in [0.25, 0.3) is 0 Å². The molecule has 0 heterocycles. The molecule has 0 N–H and O–H groups in total. The maximum atomic E-state index is 5.41. The summed E-state index contributed by atoms with van der Waals surface area (Å²) in [6.45, 7) is 9.55. The van der Waals surface area contributed by atoms with E-state index in [0.29, 0.717) is 25.0 Å². The van der Waals surface area contributed by atoms with E-state index in [9.17, 15) is 0 Å². The molecule has 0 bridgehead atoms. The Balaban J connectivity index is 3.74. The molecule has 80 valence electrons. The maximum Gasteiger partial charge on any atom is 0.244 e. The third-order valence-corrected chi connectivity index (χ3v) is 3.42. The van der Waals surface area contributed by atoms with Crippen LogP contribution < -0.4 is 0 Å². The molecular weight excluding hydrogens is 223 g/mol. The van der Waals surface area contributed by atoms with Crippen LogP contribution in [-0.4, -0.2) is 13.2 Å². The summed E-state index contributed by atoms with van der Waals surface area (Å²) < 4.78 is 10.8. The Morgan fingerprint density at radius 1 is 1.08 bits per heavy atom. The van der Waals surface area contributed by atoms with Crippen LogP contribution in [0, 0.1) is 11.8 Å². The fourth-order valence-electron chi connectivity index (χ4n) is 0.524. The molecule has 13 heavy (non-hydrogen) atoms. The van der Waals surface area contributed by atoms with Crippen LogP contribution in [0.5, 0.6) is 0 Å². The van der Waals surface area contributed by atoms with E-state index in [1.807, 2.05) is 0 Å². The monoisotopic (exact) mass is 242 g/mol. The second kappa shape index (κ2) is 6.41. The highest BCUT2D eigenvalue weighted by atomic mass is 32.9. The maximum absolute atomic E-state index is 5.41. The van der Waals surface area contributed by atoms with Crippen molar-refractivity contribution in [3.8, 4) is 0 Å². The Morgan fingerprint density at radius 2 is 1.38 bits per heavy atom. The fourth-order valence-corrected chi connectivity index (χ4v) is 2.34. The molecule has 0 aliphatic carbocycles. The second-order valence-electron chi connectivity index (χ2n) is 3.85. The van der Waals surface area contributed by atoms with Crippen molar-refractivity contribution in [1.82, 2.24) is 0 Å². The molecule has 0 radical (unpaired) electrons. The molecule has 0 rings (SSSR count). The van der Waals surface area contributed by atoms with Gasteiger partial charge in [0.1, 0.15) is 0 Å². The molecule has 5 heteroatoms. The summed E-state index contributed by atoms with van der Waals surface area (Å²) in [7, 11) is 0. The van der Waals surface area contributed by atoms with Crippen molar-refractivity contribution in [1.29, 1.82) is 0 Å². The zero-order valence-electron chi connectivity index (χ0n) is 8.69. The minimum Gasteiger partial charge on any atom is -0.322 e. The normalized spacial score (nSPS) is 12.8. The first kappa shape index (κ1) is 13.9. The predicted molar refractivity (Wildman–Crippen MR) is 64.9 cm³/mol. The van der Waals surface area contributed by atoms with Gasteiger partial charge in [-0.25, -0.2) is 0 Å². The molecule has 0 aliphatic rings. The fraction of sp³-hybridized carbons (Fsp3) is 1.00. The van der Waals surface area contributed by atoms with Crippen molar-refractivity contribution in [2.24, 2.45) is 11.8 Å². The van der Waals surface area contributed by atoms with E-state index in [1.165, 1.54) is 0 Å². The average molecular weight is 242 g/mol. The molecule has 0 amide bonds. The van der Waals surface area contributed by atoms with Gasteiger partial charge < -0.3 is 9.05 Å². The number of thiol groups is 1. The minimum atomic E-state index is -2.27. The summed E-state index contributed by atoms with van der Waals surface area (Å²) in [5.41, 5.74) is -2.27. The Kier molecular flexibility index (Phi) is 6.87. The number of hydrogen-bond acceptors (Lipinski definition) is 3. The third kappa shape index (κ3) is 9.23. The van der Waals surface area contributed by atoms with Gasteiger partial charge in [0.15, 0.2) is 0 Å². The van der Waals surface area contributed by atoms with E-state index in [-0.39, 0.29) is 0 Å². The van der Waals surface area contributed by atoms with Gasteiger partial charge in [0, 0.05) is 0 Å². The standard InChI is InChI=1S/C8H19O2PS2/c1-7(2)5-9-11(12,13)10-6-8(3)4/h7-8H,5-6H2,1-4H3,(H,12,13). The van der Waals surface area contributed by atoms with Crippen LogP contribution in [0.15, 0.2) is 0 Å². The lowest BCUT2D eigenvalue weighted by Crippen LogP contribution is -2.03. The van der Waals surface area contributed by atoms with Gasteiger partial charge in [0.2, 0.25) is 5.69 Å².